The lowest BCUT2D eigenvalue weighted by molar-refractivity contribution is -0.137. The number of allylic oxidation sites excluding steroid dienone is 4. The Morgan fingerprint density at radius 3 is 2.58 bits per heavy atom. The highest BCUT2D eigenvalue weighted by molar-refractivity contribution is 5.91. The van der Waals surface area contributed by atoms with Crippen molar-refractivity contribution in [1.82, 2.24) is 0 Å². The Bertz CT molecular complexity index is 622. The van der Waals surface area contributed by atoms with Gasteiger partial charge in [0.1, 0.15) is 6.10 Å². The van der Waals surface area contributed by atoms with Gasteiger partial charge in [0.2, 0.25) is 0 Å². The molecule has 2 unspecified atom stereocenters. The van der Waals surface area contributed by atoms with E-state index < -0.39 is 5.97 Å². The molecule has 1 N–H and O–H groups in total. The third-order valence-electron chi connectivity index (χ3n) is 4.76. The highest BCUT2D eigenvalue weighted by Gasteiger charge is 2.36. The monoisotopic (exact) mass is 330 g/mol. The van der Waals surface area contributed by atoms with E-state index >= 15 is 0 Å². The molecule has 0 radical (unpaired) electrons. The summed E-state index contributed by atoms with van der Waals surface area (Å²) in [5.74, 6) is -1.10. The van der Waals surface area contributed by atoms with Gasteiger partial charge in [0.15, 0.2) is 0 Å². The van der Waals surface area contributed by atoms with Crippen molar-refractivity contribution in [2.45, 2.75) is 58.5 Å². The van der Waals surface area contributed by atoms with Gasteiger partial charge < -0.3 is 9.84 Å². The molecule has 0 aromatic heterocycles. The Balaban J connectivity index is 2.23. The maximum Gasteiger partial charge on any atom is 0.334 e. The molecule has 130 valence electrons. The maximum absolute atomic E-state index is 11.8. The zero-order valence-corrected chi connectivity index (χ0v) is 14.5. The number of aliphatic carboxylic acids is 1. The van der Waals surface area contributed by atoms with Crippen LogP contribution >= 0.6 is 0 Å². The molecule has 4 nitrogen and oxygen atoms in total. The van der Waals surface area contributed by atoms with E-state index in [-0.39, 0.29) is 18.0 Å². The summed E-state index contributed by atoms with van der Waals surface area (Å²) >= 11 is 0. The molecule has 1 saturated heterocycles. The first kappa shape index (κ1) is 18.2. The van der Waals surface area contributed by atoms with Crippen molar-refractivity contribution in [1.29, 1.82) is 0 Å². The molecule has 0 saturated carbocycles. The van der Waals surface area contributed by atoms with Gasteiger partial charge in [-0.3, -0.25) is 0 Å². The number of hydrogen-bond donors (Lipinski definition) is 1. The lowest BCUT2D eigenvalue weighted by Crippen LogP contribution is -2.15. The van der Waals surface area contributed by atoms with Crippen molar-refractivity contribution >= 4 is 11.9 Å². The van der Waals surface area contributed by atoms with Crippen LogP contribution in [0.4, 0.5) is 0 Å². The van der Waals surface area contributed by atoms with E-state index in [1.54, 1.807) is 0 Å². The summed E-state index contributed by atoms with van der Waals surface area (Å²) < 4.78 is 5.46. The van der Waals surface area contributed by atoms with Crippen LogP contribution in [0.2, 0.25) is 0 Å². The molecule has 24 heavy (non-hydrogen) atoms. The summed E-state index contributed by atoms with van der Waals surface area (Å²) in [7, 11) is 0. The van der Waals surface area contributed by atoms with Crippen LogP contribution in [0.1, 0.15) is 52.4 Å². The average Bonchev–Trinajstić information content (AvgIpc) is 2.77. The minimum Gasteiger partial charge on any atom is -0.478 e. The number of rotatable bonds is 1. The highest BCUT2D eigenvalue weighted by atomic mass is 16.5. The standard InChI is InChI=1S/C20H26O4/c1-13-6-4-8-16(19(21)22)9-5-7-14(2)12-18-17(11-10-13)15(3)20(23)24-18/h6,9,12,17-18H,3-5,7-8,10-11H2,1-2H3,(H,21,22)/b13-6-,14-12-,16-9+. The number of carbonyl (C=O) groups excluding carboxylic acids is 1. The Labute approximate surface area is 143 Å². The second-order valence-electron chi connectivity index (χ2n) is 6.72. The number of esters is 1. The van der Waals surface area contributed by atoms with Crippen LogP contribution < -0.4 is 0 Å². The molecule has 0 spiro atoms. The van der Waals surface area contributed by atoms with Gasteiger partial charge in [0, 0.05) is 17.1 Å². The van der Waals surface area contributed by atoms with Crippen LogP contribution in [0.25, 0.3) is 0 Å². The first-order valence-electron chi connectivity index (χ1n) is 8.53. The Hall–Kier alpha value is -2.10. The van der Waals surface area contributed by atoms with Crippen LogP contribution in [-0.2, 0) is 14.3 Å². The van der Waals surface area contributed by atoms with Gasteiger partial charge in [-0.25, -0.2) is 9.59 Å². The minimum absolute atomic E-state index is 0.0314. The maximum atomic E-state index is 11.8. The Morgan fingerprint density at radius 2 is 1.88 bits per heavy atom. The van der Waals surface area contributed by atoms with E-state index in [1.807, 2.05) is 26.0 Å². The SMILES string of the molecule is C=C1C(=O)OC2/C=C(/C)CC/C=C(/C(=O)O)CC/C=C(/C)CCC12. The zero-order chi connectivity index (χ0) is 17.7. The van der Waals surface area contributed by atoms with Gasteiger partial charge in [-0.15, -0.1) is 0 Å². The Morgan fingerprint density at radius 1 is 1.17 bits per heavy atom. The van der Waals surface area contributed by atoms with Crippen LogP contribution in [-0.4, -0.2) is 23.1 Å². The van der Waals surface area contributed by atoms with Gasteiger partial charge in [-0.2, -0.15) is 0 Å². The summed E-state index contributed by atoms with van der Waals surface area (Å²) in [6.45, 7) is 7.95. The lowest BCUT2D eigenvalue weighted by atomic mass is 9.89. The fourth-order valence-electron chi connectivity index (χ4n) is 3.21. The molecule has 0 bridgehead atoms. The molecule has 2 aliphatic rings. The summed E-state index contributed by atoms with van der Waals surface area (Å²) in [4.78, 5) is 23.2. The highest BCUT2D eigenvalue weighted by Crippen LogP contribution is 2.33. The number of carboxylic acid groups (broad SMARTS) is 1. The molecule has 1 aliphatic heterocycles. The third kappa shape index (κ3) is 4.70. The van der Waals surface area contributed by atoms with Gasteiger partial charge >= 0.3 is 11.9 Å². The van der Waals surface area contributed by atoms with Crippen molar-refractivity contribution in [2.24, 2.45) is 5.92 Å². The number of carboxylic acids is 1. The van der Waals surface area contributed by atoms with Crippen molar-refractivity contribution < 1.29 is 19.4 Å². The van der Waals surface area contributed by atoms with E-state index in [0.29, 0.717) is 24.0 Å². The molecule has 0 aromatic rings. The second-order valence-corrected chi connectivity index (χ2v) is 6.72. The van der Waals surface area contributed by atoms with Crippen LogP contribution in [0.15, 0.2) is 47.1 Å². The molecule has 1 aliphatic carbocycles. The molecular weight excluding hydrogens is 304 g/mol. The number of hydrogen-bond acceptors (Lipinski definition) is 3. The van der Waals surface area contributed by atoms with Gasteiger partial charge in [0.05, 0.1) is 0 Å². The zero-order valence-electron chi connectivity index (χ0n) is 14.5. The van der Waals surface area contributed by atoms with E-state index in [9.17, 15) is 14.7 Å². The molecular formula is C20H26O4. The second kappa shape index (κ2) is 8.13. The summed E-state index contributed by atoms with van der Waals surface area (Å²) in [6, 6.07) is 0. The Kier molecular flexibility index (Phi) is 6.18. The van der Waals surface area contributed by atoms with E-state index in [2.05, 4.69) is 12.7 Å². The van der Waals surface area contributed by atoms with Crippen molar-refractivity contribution in [3.63, 3.8) is 0 Å². The quantitative estimate of drug-likeness (QED) is 0.441. The van der Waals surface area contributed by atoms with Crippen LogP contribution in [0.5, 0.6) is 0 Å². The predicted molar refractivity (Wildman–Crippen MR) is 93.4 cm³/mol. The molecule has 1 heterocycles. The van der Waals surface area contributed by atoms with Gasteiger partial charge in [0.25, 0.3) is 0 Å². The normalized spacial score (nSPS) is 33.0. The number of ether oxygens (including phenoxy) is 1. The smallest absolute Gasteiger partial charge is 0.334 e. The molecule has 2 rings (SSSR count). The topological polar surface area (TPSA) is 63.6 Å². The number of carbonyl (C=O) groups is 2. The van der Waals surface area contributed by atoms with Crippen LogP contribution in [0, 0.1) is 5.92 Å². The summed E-state index contributed by atoms with van der Waals surface area (Å²) in [5, 5.41) is 9.29. The summed E-state index contributed by atoms with van der Waals surface area (Å²) in [6.07, 6.45) is 10.1. The number of fused-ring (bicyclic) bond motifs is 1. The first-order chi connectivity index (χ1) is 11.4. The first-order valence-corrected chi connectivity index (χ1v) is 8.53. The van der Waals surface area contributed by atoms with Gasteiger partial charge in [-0.1, -0.05) is 29.9 Å². The molecule has 4 heteroatoms. The van der Waals surface area contributed by atoms with E-state index in [0.717, 1.165) is 31.3 Å². The van der Waals surface area contributed by atoms with Crippen molar-refractivity contribution in [2.75, 3.05) is 0 Å². The van der Waals surface area contributed by atoms with Gasteiger partial charge in [-0.05, 0) is 58.4 Å². The largest absolute Gasteiger partial charge is 0.478 e. The fraction of sp³-hybridized carbons (Fsp3) is 0.500. The van der Waals surface area contributed by atoms with E-state index in [1.165, 1.54) is 5.57 Å². The van der Waals surface area contributed by atoms with E-state index in [4.69, 9.17) is 4.74 Å². The van der Waals surface area contributed by atoms with Crippen molar-refractivity contribution in [3.05, 3.63) is 47.1 Å². The van der Waals surface area contributed by atoms with Crippen molar-refractivity contribution in [3.8, 4) is 0 Å². The molecule has 0 aromatic carbocycles. The fourth-order valence-corrected chi connectivity index (χ4v) is 3.21. The predicted octanol–water partition coefficient (Wildman–Crippen LogP) is 4.34. The summed E-state index contributed by atoms with van der Waals surface area (Å²) in [5.41, 5.74) is 3.36. The molecule has 2 atom stereocenters. The van der Waals surface area contributed by atoms with Crippen LogP contribution in [0.3, 0.4) is 0 Å². The lowest BCUT2D eigenvalue weighted by Gasteiger charge is -2.16. The molecule has 0 amide bonds. The minimum atomic E-state index is -0.837. The third-order valence-corrected chi connectivity index (χ3v) is 4.76. The molecule has 1 fully saturated rings. The average molecular weight is 330 g/mol.